The topological polar surface area (TPSA) is 32.3 Å². The fourth-order valence-corrected chi connectivity index (χ4v) is 4.99. The van der Waals surface area contributed by atoms with E-state index in [0.29, 0.717) is 6.04 Å². The third-order valence-electron chi connectivity index (χ3n) is 5.84. The zero-order chi connectivity index (χ0) is 11.4. The molecule has 3 saturated carbocycles. The molecular formula is C14H22N2O. The molecular weight excluding hydrogens is 212 g/mol. The van der Waals surface area contributed by atoms with Gasteiger partial charge in [0.05, 0.1) is 0 Å². The van der Waals surface area contributed by atoms with Gasteiger partial charge in [0, 0.05) is 25.2 Å². The molecule has 94 valence electrons. The third-order valence-corrected chi connectivity index (χ3v) is 5.84. The van der Waals surface area contributed by atoms with Gasteiger partial charge in [-0.25, -0.2) is 0 Å². The van der Waals surface area contributed by atoms with Gasteiger partial charge in [-0.05, 0) is 55.8 Å². The molecule has 2 bridgehead atoms. The first-order valence-corrected chi connectivity index (χ1v) is 7.32. The number of amides is 1. The molecule has 0 aromatic heterocycles. The summed E-state index contributed by atoms with van der Waals surface area (Å²) in [6, 6.07) is 1.54. The zero-order valence-electron chi connectivity index (χ0n) is 10.3. The van der Waals surface area contributed by atoms with Crippen molar-refractivity contribution >= 4 is 6.41 Å². The van der Waals surface area contributed by atoms with E-state index < -0.39 is 0 Å². The van der Waals surface area contributed by atoms with E-state index in [1.54, 1.807) is 0 Å². The van der Waals surface area contributed by atoms with Crippen molar-refractivity contribution in [3.05, 3.63) is 0 Å². The number of hydrogen-bond donors (Lipinski definition) is 1. The van der Waals surface area contributed by atoms with Crippen LogP contribution in [0.2, 0.25) is 0 Å². The van der Waals surface area contributed by atoms with Crippen molar-refractivity contribution in [3.8, 4) is 0 Å². The second-order valence-electron chi connectivity index (χ2n) is 6.60. The van der Waals surface area contributed by atoms with Gasteiger partial charge >= 0.3 is 0 Å². The Kier molecular flexibility index (Phi) is 2.26. The SMILES string of the molecule is O=CN1CCC(NC2C3C4CCC(C4)C23)CC1. The molecule has 4 fully saturated rings. The number of nitrogens with one attached hydrogen (secondary N) is 1. The summed E-state index contributed by atoms with van der Waals surface area (Å²) in [5.41, 5.74) is 0. The number of nitrogens with zero attached hydrogens (tertiary/aromatic N) is 1. The average molecular weight is 234 g/mol. The van der Waals surface area contributed by atoms with Crippen LogP contribution in [-0.2, 0) is 4.79 Å². The van der Waals surface area contributed by atoms with Crippen LogP contribution in [0.15, 0.2) is 0 Å². The summed E-state index contributed by atoms with van der Waals surface area (Å²) in [6.45, 7) is 1.91. The predicted octanol–water partition coefficient (Wildman–Crippen LogP) is 1.24. The van der Waals surface area contributed by atoms with Gasteiger partial charge in [-0.2, -0.15) is 0 Å². The molecule has 1 heterocycles. The molecule has 3 nitrogen and oxygen atoms in total. The van der Waals surface area contributed by atoms with Crippen molar-refractivity contribution in [2.24, 2.45) is 23.7 Å². The first kappa shape index (κ1) is 10.4. The number of likely N-dealkylation sites (tertiary alicyclic amines) is 1. The fraction of sp³-hybridized carbons (Fsp3) is 0.929. The number of piperidine rings is 1. The van der Waals surface area contributed by atoms with Crippen molar-refractivity contribution in [1.29, 1.82) is 0 Å². The van der Waals surface area contributed by atoms with Gasteiger partial charge in [-0.1, -0.05) is 0 Å². The first-order valence-electron chi connectivity index (χ1n) is 7.32. The fourth-order valence-electron chi connectivity index (χ4n) is 4.99. The molecule has 1 aliphatic heterocycles. The highest BCUT2D eigenvalue weighted by Gasteiger charge is 2.64. The van der Waals surface area contributed by atoms with Gasteiger partial charge in [-0.15, -0.1) is 0 Å². The van der Waals surface area contributed by atoms with Gasteiger partial charge in [0.1, 0.15) is 0 Å². The lowest BCUT2D eigenvalue weighted by atomic mass is 10.0. The standard InChI is InChI=1S/C14H22N2O/c17-8-16-5-3-11(4-6-16)15-14-12-9-1-2-10(7-9)13(12)14/h8-15H,1-7H2. The largest absolute Gasteiger partial charge is 0.345 e. The van der Waals surface area contributed by atoms with E-state index in [9.17, 15) is 4.79 Å². The van der Waals surface area contributed by atoms with E-state index in [-0.39, 0.29) is 0 Å². The maximum absolute atomic E-state index is 10.7. The number of rotatable bonds is 3. The van der Waals surface area contributed by atoms with Crippen LogP contribution in [0.3, 0.4) is 0 Å². The van der Waals surface area contributed by atoms with Crippen LogP contribution in [0.1, 0.15) is 32.1 Å². The Labute approximate surface area is 103 Å². The van der Waals surface area contributed by atoms with E-state index in [1.165, 1.54) is 19.3 Å². The molecule has 3 heteroatoms. The summed E-state index contributed by atoms with van der Waals surface area (Å²) in [4.78, 5) is 12.6. The van der Waals surface area contributed by atoms with E-state index in [4.69, 9.17) is 0 Å². The summed E-state index contributed by atoms with van der Waals surface area (Å²) in [5, 5.41) is 3.90. The summed E-state index contributed by atoms with van der Waals surface area (Å²) in [6.07, 6.45) is 7.87. The highest BCUT2D eigenvalue weighted by atomic mass is 16.1. The number of hydrogen-bond acceptors (Lipinski definition) is 2. The Bertz CT molecular complexity index is 308. The molecule has 17 heavy (non-hydrogen) atoms. The Morgan fingerprint density at radius 1 is 1.00 bits per heavy atom. The zero-order valence-corrected chi connectivity index (χ0v) is 10.3. The molecule has 0 aromatic rings. The number of carbonyl (C=O) groups excluding carboxylic acids is 1. The minimum Gasteiger partial charge on any atom is -0.345 e. The molecule has 1 amide bonds. The van der Waals surface area contributed by atoms with E-state index in [2.05, 4.69) is 5.32 Å². The van der Waals surface area contributed by atoms with Crippen LogP contribution in [-0.4, -0.2) is 36.5 Å². The highest BCUT2D eigenvalue weighted by Crippen LogP contribution is 2.65. The second-order valence-corrected chi connectivity index (χ2v) is 6.60. The van der Waals surface area contributed by atoms with Crippen LogP contribution in [0.25, 0.3) is 0 Å². The number of fused-ring (bicyclic) bond motifs is 5. The molecule has 1 N–H and O–H groups in total. The van der Waals surface area contributed by atoms with E-state index in [1.807, 2.05) is 4.90 Å². The van der Waals surface area contributed by atoms with E-state index >= 15 is 0 Å². The molecule has 1 saturated heterocycles. The molecule has 0 radical (unpaired) electrons. The molecule has 4 aliphatic rings. The Hall–Kier alpha value is -0.570. The lowest BCUT2D eigenvalue weighted by molar-refractivity contribution is -0.119. The van der Waals surface area contributed by atoms with Crippen LogP contribution in [0.5, 0.6) is 0 Å². The van der Waals surface area contributed by atoms with Crippen LogP contribution in [0, 0.1) is 23.7 Å². The van der Waals surface area contributed by atoms with Crippen LogP contribution >= 0.6 is 0 Å². The predicted molar refractivity (Wildman–Crippen MR) is 65.4 cm³/mol. The molecule has 3 aliphatic carbocycles. The van der Waals surface area contributed by atoms with Crippen molar-refractivity contribution < 1.29 is 4.79 Å². The minimum absolute atomic E-state index is 0.682. The molecule has 4 atom stereocenters. The summed E-state index contributed by atoms with van der Waals surface area (Å²) < 4.78 is 0. The smallest absolute Gasteiger partial charge is 0.209 e. The minimum atomic E-state index is 0.682. The lowest BCUT2D eigenvalue weighted by Crippen LogP contribution is -2.43. The Balaban J connectivity index is 1.31. The summed E-state index contributed by atoms with van der Waals surface area (Å²) >= 11 is 0. The summed E-state index contributed by atoms with van der Waals surface area (Å²) in [5.74, 6) is 4.21. The van der Waals surface area contributed by atoms with Gasteiger partial charge in [-0.3, -0.25) is 4.79 Å². The van der Waals surface area contributed by atoms with Gasteiger partial charge in [0.15, 0.2) is 0 Å². The van der Waals surface area contributed by atoms with Crippen molar-refractivity contribution in [2.75, 3.05) is 13.1 Å². The van der Waals surface area contributed by atoms with Crippen molar-refractivity contribution in [1.82, 2.24) is 10.2 Å². The maximum Gasteiger partial charge on any atom is 0.209 e. The summed E-state index contributed by atoms with van der Waals surface area (Å²) in [7, 11) is 0. The molecule has 0 aromatic carbocycles. The quantitative estimate of drug-likeness (QED) is 0.745. The normalized spacial score (nSPS) is 48.2. The highest BCUT2D eigenvalue weighted by molar-refractivity contribution is 5.47. The van der Waals surface area contributed by atoms with Gasteiger partial charge in [0.2, 0.25) is 6.41 Å². The van der Waals surface area contributed by atoms with Gasteiger partial charge in [0.25, 0.3) is 0 Å². The van der Waals surface area contributed by atoms with E-state index in [0.717, 1.165) is 62.1 Å². The average Bonchev–Trinajstić information content (AvgIpc) is 2.76. The Morgan fingerprint density at radius 2 is 1.65 bits per heavy atom. The monoisotopic (exact) mass is 234 g/mol. The second kappa shape index (κ2) is 3.71. The van der Waals surface area contributed by atoms with Crippen molar-refractivity contribution in [2.45, 2.75) is 44.2 Å². The maximum atomic E-state index is 10.7. The van der Waals surface area contributed by atoms with Crippen molar-refractivity contribution in [3.63, 3.8) is 0 Å². The lowest BCUT2D eigenvalue weighted by Gasteiger charge is -2.30. The molecule has 4 rings (SSSR count). The van der Waals surface area contributed by atoms with Gasteiger partial charge < -0.3 is 10.2 Å². The molecule has 0 spiro atoms. The van der Waals surface area contributed by atoms with Crippen LogP contribution in [0.4, 0.5) is 0 Å². The van der Waals surface area contributed by atoms with Crippen LogP contribution < -0.4 is 5.32 Å². The number of carbonyl (C=O) groups is 1. The Morgan fingerprint density at radius 3 is 2.24 bits per heavy atom. The third kappa shape index (κ3) is 1.55. The molecule has 4 unspecified atom stereocenters. The first-order chi connectivity index (χ1) is 8.36.